The Kier molecular flexibility index (Phi) is 7.95. The molecular formula is C26H29ClN2O6. The number of morpholine rings is 1. The maximum Gasteiger partial charge on any atom is 0.295 e. The second kappa shape index (κ2) is 11.1. The number of likely N-dealkylation sites (tertiary alicyclic amines) is 1. The molecule has 2 aromatic carbocycles. The average molecular weight is 501 g/mol. The molecular weight excluding hydrogens is 472 g/mol. The minimum atomic E-state index is -0.833. The molecule has 1 amide bonds. The van der Waals surface area contributed by atoms with Gasteiger partial charge in [-0.3, -0.25) is 14.5 Å². The van der Waals surface area contributed by atoms with Crippen molar-refractivity contribution < 1.29 is 28.9 Å². The summed E-state index contributed by atoms with van der Waals surface area (Å²) in [5.74, 6) is -0.620. The molecule has 0 unspecified atom stereocenters. The lowest BCUT2D eigenvalue weighted by molar-refractivity contribution is -0.140. The largest absolute Gasteiger partial charge is 0.507 e. The number of halogens is 1. The van der Waals surface area contributed by atoms with E-state index in [1.54, 1.807) is 49.6 Å². The number of carbonyl (C=O) groups is 2. The summed E-state index contributed by atoms with van der Waals surface area (Å²) in [7, 11) is 3.06. The number of methoxy groups -OCH3 is 2. The topological polar surface area (TPSA) is 88.5 Å². The molecule has 0 radical (unpaired) electrons. The molecule has 2 heterocycles. The number of ether oxygens (including phenoxy) is 3. The number of aliphatic hydroxyl groups is 1. The lowest BCUT2D eigenvalue weighted by Gasteiger charge is -2.29. The molecule has 8 nitrogen and oxygen atoms in total. The number of hydrogen-bond acceptors (Lipinski definition) is 7. The number of ketones is 1. The Morgan fingerprint density at radius 2 is 1.77 bits per heavy atom. The molecule has 2 aliphatic heterocycles. The van der Waals surface area contributed by atoms with E-state index >= 15 is 0 Å². The highest BCUT2D eigenvalue weighted by atomic mass is 35.5. The summed E-state index contributed by atoms with van der Waals surface area (Å²) < 4.78 is 16.4. The van der Waals surface area contributed by atoms with Crippen LogP contribution in [0.3, 0.4) is 0 Å². The van der Waals surface area contributed by atoms with E-state index in [-0.39, 0.29) is 11.3 Å². The van der Waals surface area contributed by atoms with Gasteiger partial charge in [0.2, 0.25) is 0 Å². The van der Waals surface area contributed by atoms with Crippen LogP contribution in [0.25, 0.3) is 5.76 Å². The molecule has 4 rings (SSSR count). The van der Waals surface area contributed by atoms with Gasteiger partial charge in [0.15, 0.2) is 0 Å². The summed E-state index contributed by atoms with van der Waals surface area (Å²) in [6.07, 6.45) is 0.663. The minimum absolute atomic E-state index is 0.00949. The van der Waals surface area contributed by atoms with Crippen molar-refractivity contribution in [2.75, 3.05) is 53.6 Å². The van der Waals surface area contributed by atoms with Gasteiger partial charge in [0, 0.05) is 42.3 Å². The number of amides is 1. The van der Waals surface area contributed by atoms with Gasteiger partial charge in [-0.05, 0) is 48.9 Å². The monoisotopic (exact) mass is 500 g/mol. The third-order valence-corrected chi connectivity index (χ3v) is 6.62. The summed E-state index contributed by atoms with van der Waals surface area (Å²) in [5.41, 5.74) is 0.968. The number of hydrogen-bond donors (Lipinski definition) is 1. The highest BCUT2D eigenvalue weighted by Gasteiger charge is 2.47. The fraction of sp³-hybridized carbons (Fsp3) is 0.385. The fourth-order valence-electron chi connectivity index (χ4n) is 4.54. The van der Waals surface area contributed by atoms with E-state index < -0.39 is 17.7 Å². The summed E-state index contributed by atoms with van der Waals surface area (Å²) in [6, 6.07) is 10.8. The summed E-state index contributed by atoms with van der Waals surface area (Å²) in [5, 5.41) is 11.7. The standard InChI is InChI=1S/C26H29ClN2O6/c1-33-19-8-9-21(34-2)20(16-19)23-22(24(30)17-4-6-18(27)7-5-17)25(31)26(32)29(23)11-3-10-28-12-14-35-15-13-28/h4-9,16,23,30H,3,10-15H2,1-2H3/b24-22+/t23-/m0/s1. The molecule has 186 valence electrons. The normalized spacial score (nSPS) is 20.3. The zero-order valence-corrected chi connectivity index (χ0v) is 20.6. The zero-order valence-electron chi connectivity index (χ0n) is 19.8. The molecule has 2 fully saturated rings. The van der Waals surface area contributed by atoms with Crippen LogP contribution < -0.4 is 9.47 Å². The van der Waals surface area contributed by atoms with Crippen LogP contribution >= 0.6 is 11.6 Å². The third-order valence-electron chi connectivity index (χ3n) is 6.37. The van der Waals surface area contributed by atoms with E-state index in [1.807, 2.05) is 0 Å². The highest BCUT2D eigenvalue weighted by Crippen LogP contribution is 2.44. The van der Waals surface area contributed by atoms with Gasteiger partial charge in [-0.15, -0.1) is 0 Å². The van der Waals surface area contributed by atoms with Gasteiger partial charge in [0.1, 0.15) is 17.3 Å². The Hall–Kier alpha value is -3.07. The SMILES string of the molecule is COc1ccc(OC)c([C@H]2/C(=C(\O)c3ccc(Cl)cc3)C(=O)C(=O)N2CCCN2CCOCC2)c1. The molecule has 2 aromatic rings. The van der Waals surface area contributed by atoms with E-state index in [0.29, 0.717) is 53.8 Å². The van der Waals surface area contributed by atoms with Crippen molar-refractivity contribution in [3.63, 3.8) is 0 Å². The number of rotatable bonds is 8. The molecule has 1 atom stereocenters. The Labute approximate surface area is 209 Å². The van der Waals surface area contributed by atoms with E-state index in [1.165, 1.54) is 12.0 Å². The number of aliphatic hydroxyl groups excluding tert-OH is 1. The Balaban J connectivity index is 1.75. The molecule has 2 saturated heterocycles. The van der Waals surface area contributed by atoms with E-state index in [0.717, 1.165) is 19.6 Å². The van der Waals surface area contributed by atoms with Crippen LogP contribution in [-0.4, -0.2) is 80.2 Å². The molecule has 9 heteroatoms. The first kappa shape index (κ1) is 25.0. The maximum atomic E-state index is 13.3. The van der Waals surface area contributed by atoms with Gasteiger partial charge in [0.25, 0.3) is 11.7 Å². The van der Waals surface area contributed by atoms with Crippen LogP contribution in [-0.2, 0) is 14.3 Å². The molecule has 0 aromatic heterocycles. The summed E-state index contributed by atoms with van der Waals surface area (Å²) >= 11 is 6.00. The lowest BCUT2D eigenvalue weighted by atomic mass is 9.94. The second-order valence-corrected chi connectivity index (χ2v) is 8.85. The first-order valence-corrected chi connectivity index (χ1v) is 11.9. The van der Waals surface area contributed by atoms with Gasteiger partial charge in [-0.2, -0.15) is 0 Å². The Morgan fingerprint density at radius 1 is 1.06 bits per heavy atom. The van der Waals surface area contributed by atoms with Gasteiger partial charge >= 0.3 is 0 Å². The van der Waals surface area contributed by atoms with Crippen LogP contribution in [0.1, 0.15) is 23.6 Å². The van der Waals surface area contributed by atoms with Crippen molar-refractivity contribution in [3.05, 3.63) is 64.2 Å². The van der Waals surface area contributed by atoms with Gasteiger partial charge in [-0.1, -0.05) is 11.6 Å². The van der Waals surface area contributed by atoms with Crippen molar-refractivity contribution >= 4 is 29.1 Å². The predicted molar refractivity (Wildman–Crippen MR) is 132 cm³/mol. The maximum absolute atomic E-state index is 13.3. The molecule has 2 aliphatic rings. The van der Waals surface area contributed by atoms with Crippen LogP contribution in [0.5, 0.6) is 11.5 Å². The van der Waals surface area contributed by atoms with Crippen LogP contribution in [0.2, 0.25) is 5.02 Å². The highest BCUT2D eigenvalue weighted by molar-refractivity contribution is 6.46. The lowest BCUT2D eigenvalue weighted by Crippen LogP contribution is -2.39. The van der Waals surface area contributed by atoms with Crippen molar-refractivity contribution in [2.24, 2.45) is 0 Å². The second-order valence-electron chi connectivity index (χ2n) is 8.41. The number of carbonyl (C=O) groups excluding carboxylic acids is 2. The van der Waals surface area contributed by atoms with E-state index in [4.69, 9.17) is 25.8 Å². The van der Waals surface area contributed by atoms with Gasteiger partial charge in [-0.25, -0.2) is 0 Å². The van der Waals surface area contributed by atoms with Crippen LogP contribution in [0.4, 0.5) is 0 Å². The third kappa shape index (κ3) is 5.29. The summed E-state index contributed by atoms with van der Waals surface area (Å²) in [6.45, 7) is 4.15. The fourth-order valence-corrected chi connectivity index (χ4v) is 4.67. The number of Topliss-reactive ketones (excluding diaryl/α,β-unsaturated/α-hetero) is 1. The molecule has 0 spiro atoms. The smallest absolute Gasteiger partial charge is 0.295 e. The molecule has 1 N–H and O–H groups in total. The van der Waals surface area contributed by atoms with E-state index in [2.05, 4.69) is 4.90 Å². The molecule has 0 aliphatic carbocycles. The molecule has 35 heavy (non-hydrogen) atoms. The van der Waals surface area contributed by atoms with Crippen molar-refractivity contribution in [1.29, 1.82) is 0 Å². The number of nitrogens with zero attached hydrogens (tertiary/aromatic N) is 2. The van der Waals surface area contributed by atoms with Crippen LogP contribution in [0.15, 0.2) is 48.0 Å². The van der Waals surface area contributed by atoms with Crippen LogP contribution in [0, 0.1) is 0 Å². The first-order chi connectivity index (χ1) is 16.9. The van der Waals surface area contributed by atoms with Crippen molar-refractivity contribution in [1.82, 2.24) is 9.80 Å². The quantitative estimate of drug-likeness (QED) is 0.337. The Bertz CT molecular complexity index is 1110. The average Bonchev–Trinajstić information content (AvgIpc) is 3.14. The van der Waals surface area contributed by atoms with Crippen molar-refractivity contribution in [3.8, 4) is 11.5 Å². The molecule has 0 bridgehead atoms. The Morgan fingerprint density at radius 3 is 2.43 bits per heavy atom. The molecule has 0 saturated carbocycles. The first-order valence-electron chi connectivity index (χ1n) is 11.5. The predicted octanol–water partition coefficient (Wildman–Crippen LogP) is 3.50. The summed E-state index contributed by atoms with van der Waals surface area (Å²) in [4.78, 5) is 30.3. The van der Waals surface area contributed by atoms with Gasteiger partial charge < -0.3 is 24.2 Å². The minimum Gasteiger partial charge on any atom is -0.507 e. The van der Waals surface area contributed by atoms with E-state index in [9.17, 15) is 14.7 Å². The zero-order chi connectivity index (χ0) is 24.9. The van der Waals surface area contributed by atoms with Gasteiger partial charge in [0.05, 0.1) is 39.0 Å². The van der Waals surface area contributed by atoms with Crippen molar-refractivity contribution in [2.45, 2.75) is 12.5 Å². The number of benzene rings is 2.